The van der Waals surface area contributed by atoms with E-state index in [0.717, 1.165) is 88.5 Å². The molecule has 37 heavy (non-hydrogen) atoms. The molecule has 1 spiro atoms. The predicted octanol–water partition coefficient (Wildman–Crippen LogP) is 4.47. The van der Waals surface area contributed by atoms with Crippen LogP contribution in [0.15, 0.2) is 18.2 Å². The zero-order valence-electron chi connectivity index (χ0n) is 21.6. The fraction of sp³-hybridized carbons (Fsp3) is 0.724. The number of likely N-dealkylation sites (tertiary alicyclic amines) is 1. The summed E-state index contributed by atoms with van der Waals surface area (Å²) in [4.78, 5) is 32.8. The summed E-state index contributed by atoms with van der Waals surface area (Å²) in [6.45, 7) is 3.79. The quantitative estimate of drug-likeness (QED) is 0.597. The molecule has 1 aromatic rings. The van der Waals surface area contributed by atoms with Crippen molar-refractivity contribution in [3.05, 3.63) is 29.6 Å². The van der Waals surface area contributed by atoms with E-state index < -0.39 is 0 Å². The number of benzene rings is 1. The molecule has 1 aromatic carbocycles. The smallest absolute Gasteiger partial charge is 0.410 e. The SMILES string of the molecule is O=C(C1CCC1)N1CC2(CCN(C3CC4CCC(C3)N4C(=O)O[C@@H]3CCOC3)CC2)c2cc(F)ccc21.[HH]. The molecular formula is C29H40FN3O4. The van der Waals surface area contributed by atoms with Crippen LogP contribution in [0.4, 0.5) is 14.9 Å². The van der Waals surface area contributed by atoms with Crippen molar-refractivity contribution in [1.82, 2.24) is 9.80 Å². The van der Waals surface area contributed by atoms with Crippen molar-refractivity contribution >= 4 is 17.7 Å². The standard InChI is InChI=1S/C29H38FN3O4.H2/c30-20-4-7-26-25(14-20)29(18-32(26)27(34)19-2-1-3-19)9-11-31(12-10-29)23-15-21-5-6-22(16-23)33(21)28(35)37-24-8-13-36-17-24;/h4,7,14,19,21-24H,1-3,5-6,8-13,15-18H2;1H/t21?,22?,23?,24-;/m1./s1. The molecule has 5 fully saturated rings. The highest BCUT2D eigenvalue weighted by Crippen LogP contribution is 2.49. The van der Waals surface area contributed by atoms with Crippen LogP contribution in [0.1, 0.15) is 71.2 Å². The van der Waals surface area contributed by atoms with Crippen LogP contribution in [-0.2, 0) is 19.7 Å². The van der Waals surface area contributed by atoms with Crippen LogP contribution in [0.5, 0.6) is 0 Å². The van der Waals surface area contributed by atoms with Crippen molar-refractivity contribution < 1.29 is 24.9 Å². The van der Waals surface area contributed by atoms with Gasteiger partial charge in [0.25, 0.3) is 0 Å². The Hall–Kier alpha value is -2.19. The van der Waals surface area contributed by atoms with E-state index >= 15 is 0 Å². The van der Waals surface area contributed by atoms with Gasteiger partial charge in [-0.2, -0.15) is 0 Å². The second kappa shape index (κ2) is 9.23. The fourth-order valence-electron chi connectivity index (χ4n) is 8.01. The number of fused-ring (bicyclic) bond motifs is 4. The molecule has 1 aliphatic carbocycles. The van der Waals surface area contributed by atoms with Gasteiger partial charge in [-0.25, -0.2) is 9.18 Å². The molecule has 5 heterocycles. The Kier molecular flexibility index (Phi) is 5.96. The van der Waals surface area contributed by atoms with Crippen LogP contribution < -0.4 is 4.90 Å². The lowest BCUT2D eigenvalue weighted by Gasteiger charge is -2.47. The molecule has 4 saturated heterocycles. The Morgan fingerprint density at radius 3 is 2.43 bits per heavy atom. The summed E-state index contributed by atoms with van der Waals surface area (Å²) in [5.41, 5.74) is 1.82. The number of piperidine rings is 2. The normalized spacial score (nSPS) is 33.0. The number of amides is 2. The minimum Gasteiger partial charge on any atom is -0.444 e. The highest BCUT2D eigenvalue weighted by atomic mass is 19.1. The van der Waals surface area contributed by atoms with Gasteiger partial charge in [-0.1, -0.05) is 6.42 Å². The maximum Gasteiger partial charge on any atom is 0.410 e. The molecule has 8 heteroatoms. The van der Waals surface area contributed by atoms with E-state index in [-0.39, 0.29) is 48.8 Å². The van der Waals surface area contributed by atoms with Crippen molar-refractivity contribution in [1.29, 1.82) is 0 Å². The highest BCUT2D eigenvalue weighted by Gasteiger charge is 2.51. The van der Waals surface area contributed by atoms with E-state index in [2.05, 4.69) is 4.90 Å². The van der Waals surface area contributed by atoms with Gasteiger partial charge in [-0.15, -0.1) is 0 Å². The number of anilines is 1. The molecule has 0 radical (unpaired) electrons. The second-order valence-corrected chi connectivity index (χ2v) is 12.3. The van der Waals surface area contributed by atoms with Gasteiger partial charge in [0.1, 0.15) is 11.9 Å². The van der Waals surface area contributed by atoms with Crippen molar-refractivity contribution in [2.45, 2.75) is 93.9 Å². The van der Waals surface area contributed by atoms with Crippen LogP contribution in [-0.4, -0.2) is 78.9 Å². The second-order valence-electron chi connectivity index (χ2n) is 12.3. The van der Waals surface area contributed by atoms with Gasteiger partial charge in [0.15, 0.2) is 0 Å². The molecule has 5 aliphatic heterocycles. The largest absolute Gasteiger partial charge is 0.444 e. The van der Waals surface area contributed by atoms with E-state index in [1.807, 2.05) is 15.9 Å². The van der Waals surface area contributed by atoms with E-state index in [9.17, 15) is 14.0 Å². The van der Waals surface area contributed by atoms with Crippen LogP contribution in [0.25, 0.3) is 0 Å². The van der Waals surface area contributed by atoms with Gasteiger partial charge in [-0.05, 0) is 88.2 Å². The minimum atomic E-state index is -0.210. The first-order valence-electron chi connectivity index (χ1n) is 14.4. The van der Waals surface area contributed by atoms with E-state index in [1.165, 1.54) is 6.07 Å². The minimum absolute atomic E-state index is 0. The maximum absolute atomic E-state index is 14.4. The van der Waals surface area contributed by atoms with Gasteiger partial charge < -0.3 is 24.2 Å². The molecule has 1 saturated carbocycles. The number of hydrogen-bond donors (Lipinski definition) is 0. The average Bonchev–Trinajstić information content (AvgIpc) is 3.54. The monoisotopic (exact) mass is 513 g/mol. The van der Waals surface area contributed by atoms with E-state index in [4.69, 9.17) is 9.47 Å². The molecule has 3 atom stereocenters. The van der Waals surface area contributed by atoms with Crippen LogP contribution in [0.3, 0.4) is 0 Å². The number of hydrogen-bond acceptors (Lipinski definition) is 5. The zero-order chi connectivity index (χ0) is 25.1. The summed E-state index contributed by atoms with van der Waals surface area (Å²) >= 11 is 0. The number of carbonyl (C=O) groups excluding carboxylic acids is 2. The lowest BCUT2D eigenvalue weighted by molar-refractivity contribution is -0.124. The third-order valence-corrected chi connectivity index (χ3v) is 10.3. The predicted molar refractivity (Wildman–Crippen MR) is 138 cm³/mol. The Morgan fingerprint density at radius 2 is 1.78 bits per heavy atom. The Morgan fingerprint density at radius 1 is 1.03 bits per heavy atom. The number of nitrogens with zero attached hydrogens (tertiary/aromatic N) is 3. The first-order chi connectivity index (χ1) is 18.0. The Bertz CT molecular complexity index is 1060. The topological polar surface area (TPSA) is 62.3 Å². The first kappa shape index (κ1) is 23.9. The molecule has 2 bridgehead atoms. The van der Waals surface area contributed by atoms with Crippen LogP contribution in [0.2, 0.25) is 0 Å². The van der Waals surface area contributed by atoms with Gasteiger partial charge >= 0.3 is 6.09 Å². The van der Waals surface area contributed by atoms with Gasteiger partial charge in [0.2, 0.25) is 5.91 Å². The Balaban J connectivity index is 0.00000264. The summed E-state index contributed by atoms with van der Waals surface area (Å²) in [6.07, 6.45) is 9.63. The van der Waals surface area contributed by atoms with Gasteiger partial charge in [-0.3, -0.25) is 4.79 Å². The molecule has 2 unspecified atom stereocenters. The molecule has 7 rings (SSSR count). The first-order valence-corrected chi connectivity index (χ1v) is 14.4. The number of rotatable bonds is 3. The molecule has 0 N–H and O–H groups in total. The van der Waals surface area contributed by atoms with Crippen molar-refractivity contribution in [3.8, 4) is 0 Å². The summed E-state index contributed by atoms with van der Waals surface area (Å²) in [5.74, 6) is 0.165. The van der Waals surface area contributed by atoms with E-state index in [1.54, 1.807) is 6.07 Å². The van der Waals surface area contributed by atoms with Crippen molar-refractivity contribution in [2.24, 2.45) is 5.92 Å². The molecular weight excluding hydrogens is 473 g/mol. The summed E-state index contributed by atoms with van der Waals surface area (Å²) in [7, 11) is 0. The molecule has 202 valence electrons. The van der Waals surface area contributed by atoms with Crippen molar-refractivity contribution in [3.63, 3.8) is 0 Å². The third-order valence-electron chi connectivity index (χ3n) is 10.3. The summed E-state index contributed by atoms with van der Waals surface area (Å²) in [5, 5.41) is 0. The highest BCUT2D eigenvalue weighted by molar-refractivity contribution is 5.98. The summed E-state index contributed by atoms with van der Waals surface area (Å²) in [6, 6.07) is 6.00. The molecule has 2 amide bonds. The maximum atomic E-state index is 14.4. The van der Waals surface area contributed by atoms with Crippen molar-refractivity contribution in [2.75, 3.05) is 37.7 Å². The molecule has 7 nitrogen and oxygen atoms in total. The van der Waals surface area contributed by atoms with Crippen LogP contribution >= 0.6 is 0 Å². The molecule has 0 aromatic heterocycles. The van der Waals surface area contributed by atoms with Gasteiger partial charge in [0.05, 0.1) is 13.2 Å². The van der Waals surface area contributed by atoms with Crippen LogP contribution in [0, 0.1) is 11.7 Å². The lowest BCUT2D eigenvalue weighted by atomic mass is 9.73. The number of ether oxygens (including phenoxy) is 2. The average molecular weight is 514 g/mol. The zero-order valence-corrected chi connectivity index (χ0v) is 21.6. The fourth-order valence-corrected chi connectivity index (χ4v) is 8.01. The number of halogens is 1. The Labute approximate surface area is 219 Å². The lowest BCUT2D eigenvalue weighted by Crippen LogP contribution is -2.56. The third kappa shape index (κ3) is 4.06. The molecule has 6 aliphatic rings. The number of carbonyl (C=O) groups is 2. The van der Waals surface area contributed by atoms with E-state index in [0.29, 0.717) is 25.8 Å². The summed E-state index contributed by atoms with van der Waals surface area (Å²) < 4.78 is 25.5. The van der Waals surface area contributed by atoms with Gasteiger partial charge in [0, 0.05) is 49.5 Å².